The standard InChI is InChI=1S/C15H20IN3S/c1-3-9-17-14(15-13(4-2)18-19-20-15)10-11-5-7-12(16)8-6-11/h5-8,14,17H,3-4,9-10H2,1-2H3. The molecule has 1 aromatic carbocycles. The molecule has 0 aliphatic heterocycles. The number of rotatable bonds is 7. The quantitative estimate of drug-likeness (QED) is 0.713. The topological polar surface area (TPSA) is 37.8 Å². The Morgan fingerprint density at radius 2 is 2.00 bits per heavy atom. The fourth-order valence-corrected chi connectivity index (χ4v) is 3.33. The van der Waals surface area contributed by atoms with Crippen molar-refractivity contribution in [2.24, 2.45) is 0 Å². The van der Waals surface area contributed by atoms with Crippen LogP contribution >= 0.6 is 34.1 Å². The molecule has 0 saturated heterocycles. The molecule has 3 nitrogen and oxygen atoms in total. The number of aromatic nitrogens is 2. The SMILES string of the molecule is CCCNC(Cc1ccc(I)cc1)c1snnc1CC. The lowest BCUT2D eigenvalue weighted by Gasteiger charge is -2.17. The first-order chi connectivity index (χ1) is 9.74. The zero-order valence-corrected chi connectivity index (χ0v) is 14.9. The molecule has 0 fully saturated rings. The van der Waals surface area contributed by atoms with Crippen LogP contribution in [0, 0.1) is 3.57 Å². The monoisotopic (exact) mass is 401 g/mol. The van der Waals surface area contributed by atoms with Gasteiger partial charge in [0.2, 0.25) is 0 Å². The zero-order chi connectivity index (χ0) is 14.4. The van der Waals surface area contributed by atoms with Gasteiger partial charge in [-0.1, -0.05) is 30.5 Å². The molecule has 1 unspecified atom stereocenters. The molecule has 0 amide bonds. The number of nitrogens with one attached hydrogen (secondary N) is 1. The van der Waals surface area contributed by atoms with E-state index in [1.165, 1.54) is 25.5 Å². The molecule has 1 aromatic heterocycles. The van der Waals surface area contributed by atoms with Crippen molar-refractivity contribution in [3.63, 3.8) is 0 Å². The van der Waals surface area contributed by atoms with Gasteiger partial charge < -0.3 is 5.32 Å². The van der Waals surface area contributed by atoms with E-state index in [-0.39, 0.29) is 0 Å². The lowest BCUT2D eigenvalue weighted by atomic mass is 10.0. The van der Waals surface area contributed by atoms with Crippen molar-refractivity contribution in [1.29, 1.82) is 0 Å². The second kappa shape index (κ2) is 8.05. The Hall–Kier alpha value is -0.530. The smallest absolute Gasteiger partial charge is 0.0801 e. The van der Waals surface area contributed by atoms with Gasteiger partial charge >= 0.3 is 0 Å². The van der Waals surface area contributed by atoms with Gasteiger partial charge in [-0.15, -0.1) is 5.10 Å². The highest BCUT2D eigenvalue weighted by Crippen LogP contribution is 2.25. The second-order valence-corrected chi connectivity index (χ2v) is 6.81. The minimum absolute atomic E-state index is 0.324. The first-order valence-electron chi connectivity index (χ1n) is 7.03. The minimum Gasteiger partial charge on any atom is -0.309 e. The molecule has 2 rings (SSSR count). The number of nitrogens with zero attached hydrogens (tertiary/aromatic N) is 2. The van der Waals surface area contributed by atoms with E-state index in [1.807, 2.05) is 0 Å². The van der Waals surface area contributed by atoms with Gasteiger partial charge in [0, 0.05) is 9.61 Å². The van der Waals surface area contributed by atoms with Gasteiger partial charge in [0.1, 0.15) is 0 Å². The summed E-state index contributed by atoms with van der Waals surface area (Å²) in [5.74, 6) is 0. The lowest BCUT2D eigenvalue weighted by molar-refractivity contribution is 0.532. The van der Waals surface area contributed by atoms with Gasteiger partial charge in [0.25, 0.3) is 0 Å². The number of benzene rings is 1. The highest BCUT2D eigenvalue weighted by atomic mass is 127. The van der Waals surface area contributed by atoms with Crippen molar-refractivity contribution >= 4 is 34.1 Å². The molecule has 20 heavy (non-hydrogen) atoms. The average Bonchev–Trinajstić information content (AvgIpc) is 2.94. The molecule has 0 spiro atoms. The maximum atomic E-state index is 4.25. The molecule has 0 aliphatic rings. The van der Waals surface area contributed by atoms with Crippen molar-refractivity contribution in [2.45, 2.75) is 39.2 Å². The van der Waals surface area contributed by atoms with E-state index in [1.54, 1.807) is 0 Å². The molecule has 108 valence electrons. The van der Waals surface area contributed by atoms with Crippen LogP contribution in [0.2, 0.25) is 0 Å². The molecular formula is C15H20IN3S. The van der Waals surface area contributed by atoms with E-state index < -0.39 is 0 Å². The molecule has 1 N–H and O–H groups in total. The fourth-order valence-electron chi connectivity index (χ4n) is 2.16. The molecule has 0 radical (unpaired) electrons. The van der Waals surface area contributed by atoms with E-state index in [0.717, 1.165) is 31.5 Å². The summed E-state index contributed by atoms with van der Waals surface area (Å²) in [5.41, 5.74) is 2.49. The molecule has 0 aliphatic carbocycles. The van der Waals surface area contributed by atoms with Gasteiger partial charge in [-0.3, -0.25) is 0 Å². The maximum absolute atomic E-state index is 4.25. The third kappa shape index (κ3) is 4.23. The Kier molecular flexibility index (Phi) is 6.38. The van der Waals surface area contributed by atoms with E-state index in [0.29, 0.717) is 6.04 Å². The molecule has 1 heterocycles. The van der Waals surface area contributed by atoms with Crippen molar-refractivity contribution < 1.29 is 0 Å². The van der Waals surface area contributed by atoms with Crippen LogP contribution in [0.3, 0.4) is 0 Å². The lowest BCUT2D eigenvalue weighted by Crippen LogP contribution is -2.24. The Balaban J connectivity index is 2.17. The summed E-state index contributed by atoms with van der Waals surface area (Å²) >= 11 is 3.87. The predicted octanol–water partition coefficient (Wildman–Crippen LogP) is 3.99. The number of hydrogen-bond acceptors (Lipinski definition) is 4. The summed E-state index contributed by atoms with van der Waals surface area (Å²) in [6.45, 7) is 5.36. The molecule has 0 bridgehead atoms. The van der Waals surface area contributed by atoms with Crippen LogP contribution in [-0.4, -0.2) is 16.1 Å². The highest BCUT2D eigenvalue weighted by Gasteiger charge is 2.18. The second-order valence-electron chi connectivity index (χ2n) is 4.77. The van der Waals surface area contributed by atoms with E-state index in [9.17, 15) is 0 Å². The molecule has 5 heteroatoms. The van der Waals surface area contributed by atoms with Crippen LogP contribution in [0.15, 0.2) is 24.3 Å². The highest BCUT2D eigenvalue weighted by molar-refractivity contribution is 14.1. The largest absolute Gasteiger partial charge is 0.309 e. The van der Waals surface area contributed by atoms with Crippen molar-refractivity contribution in [2.75, 3.05) is 6.54 Å². The first kappa shape index (κ1) is 15.9. The molecule has 2 aromatic rings. The van der Waals surface area contributed by atoms with Crippen LogP contribution in [0.5, 0.6) is 0 Å². The number of aryl methyl sites for hydroxylation is 1. The number of hydrogen-bond donors (Lipinski definition) is 1. The summed E-state index contributed by atoms with van der Waals surface area (Å²) in [4.78, 5) is 1.29. The Morgan fingerprint density at radius 1 is 1.25 bits per heavy atom. The van der Waals surface area contributed by atoms with Crippen LogP contribution in [0.1, 0.15) is 42.4 Å². The van der Waals surface area contributed by atoms with Crippen molar-refractivity contribution in [1.82, 2.24) is 14.9 Å². The van der Waals surface area contributed by atoms with E-state index in [2.05, 4.69) is 75.6 Å². The van der Waals surface area contributed by atoms with Gasteiger partial charge in [0.15, 0.2) is 0 Å². The average molecular weight is 401 g/mol. The Labute approximate surface area is 138 Å². The summed E-state index contributed by atoms with van der Waals surface area (Å²) in [6, 6.07) is 9.08. The summed E-state index contributed by atoms with van der Waals surface area (Å²) in [5, 5.41) is 7.88. The molecule has 0 saturated carbocycles. The van der Waals surface area contributed by atoms with Gasteiger partial charge in [-0.05, 0) is 77.6 Å². The predicted molar refractivity (Wildman–Crippen MR) is 93.2 cm³/mol. The van der Waals surface area contributed by atoms with Crippen LogP contribution in [0.25, 0.3) is 0 Å². The van der Waals surface area contributed by atoms with Crippen molar-refractivity contribution in [3.8, 4) is 0 Å². The number of halogens is 1. The first-order valence-corrected chi connectivity index (χ1v) is 8.88. The molecule has 1 atom stereocenters. The fraction of sp³-hybridized carbons (Fsp3) is 0.467. The molecular weight excluding hydrogens is 381 g/mol. The van der Waals surface area contributed by atoms with Gasteiger partial charge in [0.05, 0.1) is 10.6 Å². The third-order valence-electron chi connectivity index (χ3n) is 3.23. The van der Waals surface area contributed by atoms with Gasteiger partial charge in [-0.25, -0.2) is 0 Å². The Morgan fingerprint density at radius 3 is 2.65 bits per heavy atom. The van der Waals surface area contributed by atoms with Crippen LogP contribution in [0.4, 0.5) is 0 Å². The maximum Gasteiger partial charge on any atom is 0.0801 e. The van der Waals surface area contributed by atoms with E-state index in [4.69, 9.17) is 0 Å². The van der Waals surface area contributed by atoms with Crippen molar-refractivity contribution in [3.05, 3.63) is 44.0 Å². The third-order valence-corrected chi connectivity index (χ3v) is 4.83. The normalized spacial score (nSPS) is 12.6. The van der Waals surface area contributed by atoms with E-state index >= 15 is 0 Å². The van der Waals surface area contributed by atoms with Crippen LogP contribution < -0.4 is 5.32 Å². The summed E-state index contributed by atoms with van der Waals surface area (Å²) in [7, 11) is 0. The summed E-state index contributed by atoms with van der Waals surface area (Å²) in [6.07, 6.45) is 3.08. The zero-order valence-electron chi connectivity index (χ0n) is 11.9. The Bertz CT molecular complexity index is 524. The van der Waals surface area contributed by atoms with Gasteiger partial charge in [-0.2, -0.15) is 0 Å². The summed E-state index contributed by atoms with van der Waals surface area (Å²) < 4.78 is 5.40. The minimum atomic E-state index is 0.324. The van der Waals surface area contributed by atoms with Crippen LogP contribution in [-0.2, 0) is 12.8 Å².